The number of halogens is 1. The van der Waals surface area contributed by atoms with Crippen molar-refractivity contribution >= 4 is 42.6 Å². The van der Waals surface area contributed by atoms with Gasteiger partial charge in [0.25, 0.3) is 0 Å². The maximum Gasteiger partial charge on any atom is 0.301 e. The van der Waals surface area contributed by atoms with E-state index in [2.05, 4.69) is 20.7 Å². The van der Waals surface area contributed by atoms with Crippen molar-refractivity contribution in [3.8, 4) is 0 Å². The van der Waals surface area contributed by atoms with Gasteiger partial charge in [0.1, 0.15) is 0 Å². The van der Waals surface area contributed by atoms with Crippen molar-refractivity contribution in [2.75, 3.05) is 18.8 Å². The molecule has 6 heteroatoms. The summed E-state index contributed by atoms with van der Waals surface area (Å²) >= 11 is 3.46. The minimum atomic E-state index is -3.46. The Morgan fingerprint density at radius 2 is 1.89 bits per heavy atom. The van der Waals surface area contributed by atoms with Gasteiger partial charge in [0.2, 0.25) is 0 Å². The van der Waals surface area contributed by atoms with E-state index in [1.54, 1.807) is 12.1 Å². The summed E-state index contributed by atoms with van der Waals surface area (Å²) in [5.74, 6) is 0. The molecule has 0 radical (unpaired) electrons. The highest BCUT2D eigenvalue weighted by atomic mass is 79.9. The predicted molar refractivity (Wildman–Crippen MR) is 77.9 cm³/mol. The van der Waals surface area contributed by atoms with Crippen LogP contribution in [0.5, 0.6) is 0 Å². The van der Waals surface area contributed by atoms with Crippen LogP contribution in [0.15, 0.2) is 40.9 Å². The summed E-state index contributed by atoms with van der Waals surface area (Å²) < 4.78 is 28.1. The molecule has 0 aliphatic carbocycles. The second-order valence-corrected chi connectivity index (χ2v) is 6.80. The van der Waals surface area contributed by atoms with Gasteiger partial charge < -0.3 is 0 Å². The van der Waals surface area contributed by atoms with Gasteiger partial charge in [0.05, 0.1) is 5.69 Å². The van der Waals surface area contributed by atoms with Crippen LogP contribution in [0.2, 0.25) is 0 Å². The lowest BCUT2D eigenvalue weighted by Gasteiger charge is -2.13. The van der Waals surface area contributed by atoms with Gasteiger partial charge in [-0.1, -0.05) is 34.1 Å². The standard InChI is InChI=1S/C12H13BrN2O2S/c1-15(2)18(16,17)14-10-6-7-11-9(8-10)4-3-5-12(11)13/h3-8,14H,1-2H3. The molecule has 18 heavy (non-hydrogen) atoms. The van der Waals surface area contributed by atoms with Crippen molar-refractivity contribution in [3.63, 3.8) is 0 Å². The quantitative estimate of drug-likeness (QED) is 0.941. The second-order valence-electron chi connectivity index (χ2n) is 4.07. The number of hydrogen-bond donors (Lipinski definition) is 1. The van der Waals surface area contributed by atoms with E-state index in [1.807, 2.05) is 24.3 Å². The third-order valence-electron chi connectivity index (χ3n) is 2.55. The minimum absolute atomic E-state index is 0.550. The van der Waals surface area contributed by atoms with Crippen molar-refractivity contribution in [1.82, 2.24) is 4.31 Å². The molecule has 0 fully saturated rings. The first kappa shape index (κ1) is 13.3. The fourth-order valence-electron chi connectivity index (χ4n) is 1.55. The molecular weight excluding hydrogens is 316 g/mol. The van der Waals surface area contributed by atoms with E-state index in [4.69, 9.17) is 0 Å². The van der Waals surface area contributed by atoms with Gasteiger partial charge in [0.15, 0.2) is 0 Å². The molecule has 0 saturated carbocycles. The molecule has 0 amide bonds. The number of anilines is 1. The highest BCUT2D eigenvalue weighted by Crippen LogP contribution is 2.26. The Morgan fingerprint density at radius 1 is 1.17 bits per heavy atom. The summed E-state index contributed by atoms with van der Waals surface area (Å²) in [4.78, 5) is 0. The van der Waals surface area contributed by atoms with Gasteiger partial charge in [-0.3, -0.25) is 4.72 Å². The van der Waals surface area contributed by atoms with Crippen molar-refractivity contribution < 1.29 is 8.42 Å². The van der Waals surface area contributed by atoms with Gasteiger partial charge in [-0.15, -0.1) is 0 Å². The van der Waals surface area contributed by atoms with Crippen LogP contribution in [0.3, 0.4) is 0 Å². The normalized spacial score (nSPS) is 12.0. The summed E-state index contributed by atoms with van der Waals surface area (Å²) in [5.41, 5.74) is 0.550. The van der Waals surface area contributed by atoms with Crippen LogP contribution >= 0.6 is 15.9 Å². The fraction of sp³-hybridized carbons (Fsp3) is 0.167. The molecule has 2 aromatic rings. The van der Waals surface area contributed by atoms with Crippen molar-refractivity contribution in [2.45, 2.75) is 0 Å². The molecule has 0 saturated heterocycles. The number of rotatable bonds is 3. The van der Waals surface area contributed by atoms with Crippen LogP contribution in [0.25, 0.3) is 10.8 Å². The molecule has 0 atom stereocenters. The molecule has 0 aliphatic heterocycles. The summed E-state index contributed by atoms with van der Waals surface area (Å²) in [5, 5.41) is 2.02. The first-order valence-electron chi connectivity index (χ1n) is 5.29. The fourth-order valence-corrected chi connectivity index (χ4v) is 2.67. The molecule has 1 N–H and O–H groups in total. The molecular formula is C12H13BrN2O2S. The largest absolute Gasteiger partial charge is 0.301 e. The van der Waals surface area contributed by atoms with E-state index in [0.29, 0.717) is 5.69 Å². The van der Waals surface area contributed by atoms with Gasteiger partial charge in [-0.2, -0.15) is 12.7 Å². The van der Waals surface area contributed by atoms with Crippen LogP contribution in [0, 0.1) is 0 Å². The van der Waals surface area contributed by atoms with Crippen molar-refractivity contribution in [3.05, 3.63) is 40.9 Å². The second kappa shape index (κ2) is 4.87. The van der Waals surface area contributed by atoms with Gasteiger partial charge in [-0.25, -0.2) is 0 Å². The predicted octanol–water partition coefficient (Wildman–Crippen LogP) is 2.82. The maximum absolute atomic E-state index is 11.7. The lowest BCUT2D eigenvalue weighted by atomic mass is 10.1. The summed E-state index contributed by atoms with van der Waals surface area (Å²) in [6.45, 7) is 0. The third-order valence-corrected chi connectivity index (χ3v) is 4.70. The molecule has 0 bridgehead atoms. The molecule has 0 aliphatic rings. The smallest absolute Gasteiger partial charge is 0.271 e. The lowest BCUT2D eigenvalue weighted by molar-refractivity contribution is 0.527. The zero-order valence-corrected chi connectivity index (χ0v) is 12.4. The molecule has 0 spiro atoms. The Balaban J connectivity index is 2.43. The molecule has 0 heterocycles. The molecule has 96 valence electrons. The summed E-state index contributed by atoms with van der Waals surface area (Å²) in [7, 11) is -0.486. The van der Waals surface area contributed by atoms with Crippen LogP contribution < -0.4 is 4.72 Å². The summed E-state index contributed by atoms with van der Waals surface area (Å²) in [6.07, 6.45) is 0. The average Bonchev–Trinajstić information content (AvgIpc) is 2.28. The van der Waals surface area contributed by atoms with Crippen LogP contribution in [0.4, 0.5) is 5.69 Å². The first-order chi connectivity index (χ1) is 8.40. The topological polar surface area (TPSA) is 49.4 Å². The Kier molecular flexibility index (Phi) is 3.61. The van der Waals surface area contributed by atoms with Crippen LogP contribution in [-0.4, -0.2) is 26.8 Å². The number of fused-ring (bicyclic) bond motifs is 1. The van der Waals surface area contributed by atoms with E-state index in [1.165, 1.54) is 14.1 Å². The summed E-state index contributed by atoms with van der Waals surface area (Å²) in [6, 6.07) is 11.2. The van der Waals surface area contributed by atoms with Crippen molar-refractivity contribution in [1.29, 1.82) is 0 Å². The number of nitrogens with one attached hydrogen (secondary N) is 1. The number of hydrogen-bond acceptors (Lipinski definition) is 2. The zero-order chi connectivity index (χ0) is 13.3. The van der Waals surface area contributed by atoms with Crippen LogP contribution in [0.1, 0.15) is 0 Å². The highest BCUT2D eigenvalue weighted by molar-refractivity contribution is 9.10. The SMILES string of the molecule is CN(C)S(=O)(=O)Nc1ccc2c(Br)cccc2c1. The highest BCUT2D eigenvalue weighted by Gasteiger charge is 2.13. The van der Waals surface area contributed by atoms with E-state index in [9.17, 15) is 8.42 Å². The zero-order valence-electron chi connectivity index (χ0n) is 10.0. The Morgan fingerprint density at radius 3 is 2.56 bits per heavy atom. The Bertz CT molecular complexity index is 684. The van der Waals surface area contributed by atoms with Crippen molar-refractivity contribution in [2.24, 2.45) is 0 Å². The Labute approximate surface area is 115 Å². The number of nitrogens with zero attached hydrogens (tertiary/aromatic N) is 1. The van der Waals surface area contributed by atoms with E-state index >= 15 is 0 Å². The van der Waals surface area contributed by atoms with Crippen LogP contribution in [-0.2, 0) is 10.2 Å². The molecule has 0 unspecified atom stereocenters. The molecule has 2 aromatic carbocycles. The lowest BCUT2D eigenvalue weighted by Crippen LogP contribution is -2.28. The van der Waals surface area contributed by atoms with E-state index < -0.39 is 10.2 Å². The molecule has 0 aromatic heterocycles. The molecule has 4 nitrogen and oxygen atoms in total. The minimum Gasteiger partial charge on any atom is -0.271 e. The van der Waals surface area contributed by atoms with Gasteiger partial charge in [0, 0.05) is 18.6 Å². The van der Waals surface area contributed by atoms with E-state index in [-0.39, 0.29) is 0 Å². The number of benzene rings is 2. The monoisotopic (exact) mass is 328 g/mol. The van der Waals surface area contributed by atoms with Gasteiger partial charge >= 0.3 is 10.2 Å². The Hall–Kier alpha value is -1.11. The third kappa shape index (κ3) is 2.66. The first-order valence-corrected chi connectivity index (χ1v) is 7.52. The average molecular weight is 329 g/mol. The maximum atomic E-state index is 11.7. The van der Waals surface area contributed by atoms with E-state index in [0.717, 1.165) is 19.6 Å². The molecule has 2 rings (SSSR count). The van der Waals surface area contributed by atoms with Gasteiger partial charge in [-0.05, 0) is 29.0 Å².